The molecule has 0 N–H and O–H groups in total. The summed E-state index contributed by atoms with van der Waals surface area (Å²) in [5.41, 5.74) is 2.06. The van der Waals surface area contributed by atoms with Crippen molar-refractivity contribution in [3.05, 3.63) is 29.3 Å². The number of rotatable bonds is 3. The van der Waals surface area contributed by atoms with Gasteiger partial charge in [0.2, 0.25) is 0 Å². The average Bonchev–Trinajstić information content (AvgIpc) is 2.31. The normalized spacial score (nSPS) is 18.2. The minimum absolute atomic E-state index is 0.0320. The second-order valence-electron chi connectivity index (χ2n) is 7.19. The molecule has 0 atom stereocenters. The van der Waals surface area contributed by atoms with E-state index in [1.807, 2.05) is 12.1 Å². The molecule has 1 aromatic rings. The van der Waals surface area contributed by atoms with Crippen LogP contribution in [0.25, 0.3) is 0 Å². The van der Waals surface area contributed by atoms with E-state index in [4.69, 9.17) is 18.6 Å². The van der Waals surface area contributed by atoms with Crippen LogP contribution in [-0.2, 0) is 29.1 Å². The summed E-state index contributed by atoms with van der Waals surface area (Å²) >= 11 is 0. The Morgan fingerprint density at radius 3 is 2.10 bits per heavy atom. The van der Waals surface area contributed by atoms with Crippen LogP contribution in [0.4, 0.5) is 0 Å². The van der Waals surface area contributed by atoms with Gasteiger partial charge in [0, 0.05) is 5.56 Å². The monoisotopic (exact) mass is 314 g/mol. The predicted molar refractivity (Wildman–Crippen MR) is 80.2 cm³/mol. The molecule has 0 saturated carbocycles. The van der Waals surface area contributed by atoms with Gasteiger partial charge in [0.05, 0.1) is 0 Å². The van der Waals surface area contributed by atoms with Crippen LogP contribution in [0.2, 0.25) is 0 Å². The van der Waals surface area contributed by atoms with Gasteiger partial charge in [-0.15, -0.1) is 0 Å². The second-order valence-corrected chi connectivity index (χ2v) is 8.75. The number of phosphoric acid groups is 1. The van der Waals surface area contributed by atoms with E-state index in [0.717, 1.165) is 5.56 Å². The van der Waals surface area contributed by atoms with E-state index in [9.17, 15) is 4.57 Å². The zero-order valence-electron chi connectivity index (χ0n) is 13.4. The maximum atomic E-state index is 11.6. The summed E-state index contributed by atoms with van der Waals surface area (Å²) in [5.74, 6) is 0.518. The van der Waals surface area contributed by atoms with Gasteiger partial charge in [-0.3, -0.25) is 9.05 Å². The fourth-order valence-corrected chi connectivity index (χ4v) is 2.46. The van der Waals surface area contributed by atoms with E-state index >= 15 is 0 Å². The molecule has 6 heteroatoms. The highest BCUT2D eigenvalue weighted by atomic mass is 31.2. The van der Waals surface area contributed by atoms with E-state index < -0.39 is 7.82 Å². The Labute approximate surface area is 126 Å². The van der Waals surface area contributed by atoms with E-state index in [-0.39, 0.29) is 17.6 Å². The molecule has 0 unspecified atom stereocenters. The van der Waals surface area contributed by atoms with Crippen molar-refractivity contribution >= 4 is 7.82 Å². The van der Waals surface area contributed by atoms with Crippen LogP contribution in [-0.4, -0.2) is 6.79 Å². The predicted octanol–water partition coefficient (Wildman–Crippen LogP) is 4.70. The first-order valence-electron chi connectivity index (χ1n) is 6.92. The van der Waals surface area contributed by atoms with Crippen LogP contribution in [0.5, 0.6) is 5.75 Å². The summed E-state index contributed by atoms with van der Waals surface area (Å²) < 4.78 is 25.9. The SMILES string of the molecule is CC(C)(C)c1ccc(OOP2(=O)OCO2)c(C(C)(C)C)c1. The Hall–Kier alpha value is -0.870. The third kappa shape index (κ3) is 3.86. The lowest BCUT2D eigenvalue weighted by molar-refractivity contribution is -0.172. The minimum Gasteiger partial charge on any atom is -0.327 e. The van der Waals surface area contributed by atoms with Gasteiger partial charge in [-0.1, -0.05) is 58.3 Å². The van der Waals surface area contributed by atoms with Gasteiger partial charge in [0.1, 0.15) is 0 Å². The topological polar surface area (TPSA) is 54.0 Å². The zero-order valence-corrected chi connectivity index (χ0v) is 14.3. The molecular formula is C15H23O5P. The molecule has 1 aliphatic heterocycles. The molecule has 1 saturated heterocycles. The van der Waals surface area contributed by atoms with Crippen LogP contribution in [0.15, 0.2) is 18.2 Å². The largest absolute Gasteiger partial charge is 0.515 e. The molecule has 1 aromatic carbocycles. The van der Waals surface area contributed by atoms with Crippen molar-refractivity contribution in [1.29, 1.82) is 0 Å². The summed E-state index contributed by atoms with van der Waals surface area (Å²) in [4.78, 5) is 5.23. The van der Waals surface area contributed by atoms with Gasteiger partial charge in [-0.25, -0.2) is 4.57 Å². The summed E-state index contributed by atoms with van der Waals surface area (Å²) in [6.07, 6.45) is 0. The molecule has 1 aliphatic rings. The van der Waals surface area contributed by atoms with Gasteiger partial charge >= 0.3 is 7.82 Å². The molecule has 1 fully saturated rings. The Bertz CT molecular complexity index is 560. The highest BCUT2D eigenvalue weighted by Gasteiger charge is 2.39. The summed E-state index contributed by atoms with van der Waals surface area (Å²) in [5, 5.41) is 0. The Kier molecular flexibility index (Phi) is 4.24. The van der Waals surface area contributed by atoms with E-state index in [2.05, 4.69) is 47.6 Å². The van der Waals surface area contributed by atoms with E-state index in [1.165, 1.54) is 5.56 Å². The smallest absolute Gasteiger partial charge is 0.327 e. The molecule has 0 bridgehead atoms. The maximum absolute atomic E-state index is 11.6. The van der Waals surface area contributed by atoms with Crippen LogP contribution in [0.1, 0.15) is 52.7 Å². The van der Waals surface area contributed by atoms with Crippen molar-refractivity contribution in [2.75, 3.05) is 6.79 Å². The summed E-state index contributed by atoms with van der Waals surface area (Å²) in [6.45, 7) is 12.7. The van der Waals surface area contributed by atoms with E-state index in [1.54, 1.807) is 0 Å². The standard InChI is InChI=1S/C15H23O5P/c1-14(2,3)11-7-8-13(12(9-11)15(4,5)6)19-20-21(16)17-10-18-21/h7-9H,10H2,1-6H3. The van der Waals surface area contributed by atoms with Crippen LogP contribution < -0.4 is 4.89 Å². The molecular weight excluding hydrogens is 291 g/mol. The van der Waals surface area contributed by atoms with Crippen LogP contribution in [0, 0.1) is 0 Å². The number of hydrogen-bond acceptors (Lipinski definition) is 5. The van der Waals surface area contributed by atoms with Crippen LogP contribution >= 0.6 is 7.82 Å². The lowest BCUT2D eigenvalue weighted by Gasteiger charge is -2.28. The first kappa shape index (κ1) is 16.5. The van der Waals surface area contributed by atoms with Crippen molar-refractivity contribution in [3.8, 4) is 5.75 Å². The van der Waals surface area contributed by atoms with Gasteiger partial charge < -0.3 is 4.89 Å². The molecule has 2 rings (SSSR count). The third-order valence-corrected chi connectivity index (χ3v) is 4.39. The van der Waals surface area contributed by atoms with Crippen molar-refractivity contribution < 1.29 is 23.2 Å². The number of phosphoric ester groups is 1. The lowest BCUT2D eigenvalue weighted by Crippen LogP contribution is -2.19. The molecule has 0 radical (unpaired) electrons. The van der Waals surface area contributed by atoms with Gasteiger partial charge in [-0.2, -0.15) is 0 Å². The van der Waals surface area contributed by atoms with Gasteiger partial charge in [-0.05, 0) is 22.5 Å². The first-order chi connectivity index (χ1) is 9.51. The average molecular weight is 314 g/mol. The van der Waals surface area contributed by atoms with E-state index in [0.29, 0.717) is 5.75 Å². The number of benzene rings is 1. The number of hydrogen-bond donors (Lipinski definition) is 0. The summed E-state index contributed by atoms with van der Waals surface area (Å²) in [7, 11) is -3.50. The van der Waals surface area contributed by atoms with Crippen LogP contribution in [0.3, 0.4) is 0 Å². The summed E-state index contributed by atoms with van der Waals surface area (Å²) in [6, 6.07) is 5.90. The Morgan fingerprint density at radius 1 is 1.05 bits per heavy atom. The molecule has 0 amide bonds. The first-order valence-corrected chi connectivity index (χ1v) is 8.38. The zero-order chi connectivity index (χ0) is 15.9. The molecule has 0 spiro atoms. The third-order valence-electron chi connectivity index (χ3n) is 3.29. The quantitative estimate of drug-likeness (QED) is 0.459. The highest BCUT2D eigenvalue weighted by Crippen LogP contribution is 2.57. The molecule has 1 heterocycles. The maximum Gasteiger partial charge on any atom is 0.515 e. The fourth-order valence-electron chi connectivity index (χ4n) is 1.92. The second kappa shape index (κ2) is 5.40. The Balaban J connectivity index is 2.29. The molecule has 5 nitrogen and oxygen atoms in total. The lowest BCUT2D eigenvalue weighted by atomic mass is 9.80. The minimum atomic E-state index is -3.50. The molecule has 21 heavy (non-hydrogen) atoms. The molecule has 0 aromatic heterocycles. The molecule has 118 valence electrons. The highest BCUT2D eigenvalue weighted by molar-refractivity contribution is 7.49. The van der Waals surface area contributed by atoms with Gasteiger partial charge in [0.25, 0.3) is 0 Å². The van der Waals surface area contributed by atoms with Crippen molar-refractivity contribution in [1.82, 2.24) is 0 Å². The van der Waals surface area contributed by atoms with Crippen molar-refractivity contribution in [2.45, 2.75) is 52.4 Å². The van der Waals surface area contributed by atoms with Crippen molar-refractivity contribution in [2.24, 2.45) is 0 Å². The Morgan fingerprint density at radius 2 is 1.67 bits per heavy atom. The fraction of sp³-hybridized carbons (Fsp3) is 0.600. The van der Waals surface area contributed by atoms with Crippen molar-refractivity contribution in [3.63, 3.8) is 0 Å². The van der Waals surface area contributed by atoms with Gasteiger partial charge in [0.15, 0.2) is 12.5 Å². The molecule has 0 aliphatic carbocycles.